The van der Waals surface area contributed by atoms with Crippen LogP contribution in [-0.2, 0) is 6.42 Å². The minimum absolute atomic E-state index is 0.0248. The lowest BCUT2D eigenvalue weighted by molar-refractivity contribution is 0.505. The smallest absolute Gasteiger partial charge is 0.267 e. The molecule has 0 atom stereocenters. The van der Waals surface area contributed by atoms with E-state index in [4.69, 9.17) is 5.10 Å². The Hall–Kier alpha value is -3.28. The maximum absolute atomic E-state index is 12.2. The molecule has 0 aliphatic heterocycles. The van der Waals surface area contributed by atoms with Crippen LogP contribution < -0.4 is 5.56 Å². The van der Waals surface area contributed by atoms with Crippen LogP contribution in [0.2, 0.25) is 0 Å². The van der Waals surface area contributed by atoms with Gasteiger partial charge >= 0.3 is 0 Å². The van der Waals surface area contributed by atoms with Crippen molar-refractivity contribution in [2.75, 3.05) is 0 Å². The molecule has 0 N–H and O–H groups in total. The molecule has 0 amide bonds. The summed E-state index contributed by atoms with van der Waals surface area (Å²) in [6, 6.07) is 11.9. The summed E-state index contributed by atoms with van der Waals surface area (Å²) >= 11 is 0. The van der Waals surface area contributed by atoms with Crippen LogP contribution in [0.1, 0.15) is 51.6 Å². The van der Waals surface area contributed by atoms with Gasteiger partial charge in [-0.15, -0.1) is 0 Å². The monoisotopic (exact) mass is 401 g/mol. The number of nitrogens with zero attached hydrogens (tertiary/aromatic N) is 5. The van der Waals surface area contributed by atoms with Gasteiger partial charge in [-0.05, 0) is 38.3 Å². The Morgan fingerprint density at radius 2 is 1.80 bits per heavy atom. The molecule has 154 valence electrons. The summed E-state index contributed by atoms with van der Waals surface area (Å²) in [5, 5.41) is 9.45. The van der Waals surface area contributed by atoms with Gasteiger partial charge in [0, 0.05) is 24.0 Å². The van der Waals surface area contributed by atoms with Crippen LogP contribution in [-0.4, -0.2) is 24.4 Å². The lowest BCUT2D eigenvalue weighted by atomic mass is 10.0. The van der Waals surface area contributed by atoms with Gasteiger partial charge in [0.25, 0.3) is 5.56 Å². The molecule has 4 aromatic rings. The van der Waals surface area contributed by atoms with Gasteiger partial charge in [-0.25, -0.2) is 9.20 Å². The van der Waals surface area contributed by atoms with E-state index in [1.807, 2.05) is 24.6 Å². The Balaban J connectivity index is 1.82. The molecule has 6 heteroatoms. The van der Waals surface area contributed by atoms with Crippen molar-refractivity contribution in [2.45, 2.75) is 52.5 Å². The highest BCUT2D eigenvalue weighted by atomic mass is 16.1. The Morgan fingerprint density at radius 1 is 1.00 bits per heavy atom. The minimum Gasteiger partial charge on any atom is -0.268 e. The Kier molecular flexibility index (Phi) is 5.74. The third-order valence-corrected chi connectivity index (χ3v) is 5.30. The minimum atomic E-state index is -0.110. The number of fused-ring (bicyclic) bond motifs is 1. The third-order valence-electron chi connectivity index (χ3n) is 5.30. The van der Waals surface area contributed by atoms with Crippen LogP contribution >= 0.6 is 0 Å². The Bertz CT molecular complexity index is 1200. The number of rotatable bonds is 7. The fraction of sp³-hybridized carbons (Fsp3) is 0.333. The van der Waals surface area contributed by atoms with Gasteiger partial charge in [-0.2, -0.15) is 10.2 Å². The average molecular weight is 402 g/mol. The van der Waals surface area contributed by atoms with E-state index in [0.717, 1.165) is 28.8 Å². The van der Waals surface area contributed by atoms with Gasteiger partial charge in [0.1, 0.15) is 5.69 Å². The van der Waals surface area contributed by atoms with Crippen molar-refractivity contribution < 1.29 is 0 Å². The zero-order valence-electron chi connectivity index (χ0n) is 17.7. The molecule has 1 aromatic carbocycles. The van der Waals surface area contributed by atoms with Crippen LogP contribution in [0.4, 0.5) is 0 Å². The first-order valence-electron chi connectivity index (χ1n) is 10.6. The lowest BCUT2D eigenvalue weighted by Gasteiger charge is -2.10. The summed E-state index contributed by atoms with van der Waals surface area (Å²) in [6.45, 7) is 6.13. The normalized spacial score (nSPS) is 11.5. The fourth-order valence-electron chi connectivity index (χ4n) is 3.69. The van der Waals surface area contributed by atoms with Crippen LogP contribution in [0.3, 0.4) is 0 Å². The first-order valence-corrected chi connectivity index (χ1v) is 10.6. The number of hydrogen-bond acceptors (Lipinski definition) is 4. The average Bonchev–Trinajstić information content (AvgIpc) is 3.14. The number of benzene rings is 1. The molecule has 3 aromatic heterocycles. The number of hydrogen-bond donors (Lipinski definition) is 0. The molecule has 0 saturated heterocycles. The van der Waals surface area contributed by atoms with Crippen LogP contribution in [0.5, 0.6) is 0 Å². The van der Waals surface area contributed by atoms with Gasteiger partial charge in [0.2, 0.25) is 0 Å². The third kappa shape index (κ3) is 3.90. The van der Waals surface area contributed by atoms with Gasteiger partial charge in [0.15, 0.2) is 0 Å². The molecule has 0 unspecified atom stereocenters. The highest BCUT2D eigenvalue weighted by molar-refractivity contribution is 5.90. The molecule has 0 aliphatic rings. The summed E-state index contributed by atoms with van der Waals surface area (Å²) in [4.78, 5) is 16.5. The van der Waals surface area contributed by atoms with Crippen molar-refractivity contribution in [3.63, 3.8) is 0 Å². The van der Waals surface area contributed by atoms with Gasteiger partial charge in [0.05, 0.1) is 29.0 Å². The molecule has 0 bridgehead atoms. The molecule has 0 aliphatic carbocycles. The molecular formula is C24H27N5O. The summed E-state index contributed by atoms with van der Waals surface area (Å²) in [6.07, 6.45) is 10.1. The zero-order chi connectivity index (χ0) is 21.1. The molecular weight excluding hydrogens is 374 g/mol. The number of aromatic nitrogens is 5. The van der Waals surface area contributed by atoms with Crippen molar-refractivity contribution in [3.8, 4) is 22.5 Å². The first-order chi connectivity index (χ1) is 14.6. The predicted octanol–water partition coefficient (Wildman–Crippen LogP) is 4.93. The van der Waals surface area contributed by atoms with E-state index >= 15 is 0 Å². The van der Waals surface area contributed by atoms with E-state index in [2.05, 4.69) is 41.3 Å². The van der Waals surface area contributed by atoms with Crippen LogP contribution in [0.25, 0.3) is 28.0 Å². The largest absolute Gasteiger partial charge is 0.268 e. The quantitative estimate of drug-likeness (QED) is 0.412. The molecule has 6 nitrogen and oxygen atoms in total. The first kappa shape index (κ1) is 20.0. The van der Waals surface area contributed by atoms with E-state index in [1.165, 1.54) is 29.5 Å². The number of aryl methyl sites for hydroxylation is 1. The highest BCUT2D eigenvalue weighted by Gasteiger charge is 2.19. The molecule has 0 saturated carbocycles. The predicted molar refractivity (Wildman–Crippen MR) is 120 cm³/mol. The second kappa shape index (κ2) is 8.61. The van der Waals surface area contributed by atoms with Crippen LogP contribution in [0.15, 0.2) is 59.8 Å². The van der Waals surface area contributed by atoms with Gasteiger partial charge in [-0.1, -0.05) is 44.0 Å². The maximum Gasteiger partial charge on any atom is 0.267 e. The second-order valence-corrected chi connectivity index (χ2v) is 7.88. The van der Waals surface area contributed by atoms with E-state index in [0.29, 0.717) is 5.69 Å². The molecule has 0 spiro atoms. The number of unbranched alkanes of at least 4 members (excludes halogenated alkanes) is 2. The molecule has 3 heterocycles. The molecule has 0 fully saturated rings. The van der Waals surface area contributed by atoms with Gasteiger partial charge < -0.3 is 0 Å². The second-order valence-electron chi connectivity index (χ2n) is 7.88. The van der Waals surface area contributed by atoms with Crippen molar-refractivity contribution in [3.05, 3.63) is 70.9 Å². The Labute approximate surface area is 176 Å². The Morgan fingerprint density at radius 3 is 2.53 bits per heavy atom. The lowest BCUT2D eigenvalue weighted by Crippen LogP contribution is -2.23. The molecule has 30 heavy (non-hydrogen) atoms. The fourth-order valence-corrected chi connectivity index (χ4v) is 3.69. The van der Waals surface area contributed by atoms with Crippen molar-refractivity contribution in [1.82, 2.24) is 24.4 Å². The van der Waals surface area contributed by atoms with E-state index in [1.54, 1.807) is 24.5 Å². The summed E-state index contributed by atoms with van der Waals surface area (Å²) in [5.74, 6) is 0. The topological polar surface area (TPSA) is 65.1 Å². The van der Waals surface area contributed by atoms with E-state index in [9.17, 15) is 4.79 Å². The molecule has 0 radical (unpaired) electrons. The van der Waals surface area contributed by atoms with Crippen molar-refractivity contribution in [2.24, 2.45) is 0 Å². The van der Waals surface area contributed by atoms with Crippen molar-refractivity contribution in [1.29, 1.82) is 0 Å². The summed E-state index contributed by atoms with van der Waals surface area (Å²) in [7, 11) is 0. The highest BCUT2D eigenvalue weighted by Crippen LogP contribution is 2.33. The summed E-state index contributed by atoms with van der Waals surface area (Å²) in [5.41, 5.74) is 5.55. The standard InChI is InChI=1S/C24H27N5O/c1-4-5-6-7-18-8-10-19(11-9-18)24-23(21-16-25-14-15-28(21)27-24)20-12-13-22(30)29(26-20)17(2)3/h8-17H,4-7H2,1-3H3. The maximum atomic E-state index is 12.2. The van der Waals surface area contributed by atoms with Crippen molar-refractivity contribution >= 4 is 5.52 Å². The zero-order valence-corrected chi connectivity index (χ0v) is 17.7. The van der Waals surface area contributed by atoms with E-state index in [-0.39, 0.29) is 11.6 Å². The molecule has 4 rings (SSSR count). The van der Waals surface area contributed by atoms with E-state index < -0.39 is 0 Å². The van der Waals surface area contributed by atoms with Gasteiger partial charge in [-0.3, -0.25) is 9.78 Å². The van der Waals surface area contributed by atoms with Crippen LogP contribution in [0, 0.1) is 0 Å². The SMILES string of the molecule is CCCCCc1ccc(-c2nn3ccncc3c2-c2ccc(=O)n(C(C)C)n2)cc1. The summed E-state index contributed by atoms with van der Waals surface area (Å²) < 4.78 is 3.33.